The van der Waals surface area contributed by atoms with Crippen molar-refractivity contribution in [2.75, 3.05) is 6.54 Å². The molecule has 0 spiro atoms. The van der Waals surface area contributed by atoms with Gasteiger partial charge in [0.1, 0.15) is 0 Å². The van der Waals surface area contributed by atoms with Crippen LogP contribution in [-0.4, -0.2) is 24.7 Å². The van der Waals surface area contributed by atoms with Crippen LogP contribution in [0.15, 0.2) is 9.98 Å². The first-order valence-electron chi connectivity index (χ1n) is 5.54. The SMILES string of the molecule is CC1(C)CCC(N=C=O)C(C)(CN=C=O)C1. The van der Waals surface area contributed by atoms with Gasteiger partial charge in [-0.1, -0.05) is 20.8 Å². The molecule has 16 heavy (non-hydrogen) atoms. The van der Waals surface area contributed by atoms with E-state index >= 15 is 0 Å². The smallest absolute Gasteiger partial charge is 0.211 e. The molecule has 1 saturated carbocycles. The lowest BCUT2D eigenvalue weighted by Crippen LogP contribution is -2.43. The zero-order valence-electron chi connectivity index (χ0n) is 10.1. The van der Waals surface area contributed by atoms with Crippen LogP contribution in [0.4, 0.5) is 0 Å². The number of rotatable bonds is 3. The van der Waals surface area contributed by atoms with Crippen LogP contribution in [0.3, 0.4) is 0 Å². The Labute approximate surface area is 95.9 Å². The van der Waals surface area contributed by atoms with Crippen molar-refractivity contribution in [3.8, 4) is 0 Å². The van der Waals surface area contributed by atoms with Crippen LogP contribution >= 0.6 is 0 Å². The molecule has 0 heterocycles. The van der Waals surface area contributed by atoms with Gasteiger partial charge in [0.2, 0.25) is 12.2 Å². The molecular formula is C12H18N2O2. The van der Waals surface area contributed by atoms with Crippen molar-refractivity contribution in [1.29, 1.82) is 0 Å². The maximum atomic E-state index is 10.4. The lowest BCUT2D eigenvalue weighted by molar-refractivity contribution is 0.0842. The fourth-order valence-electron chi connectivity index (χ4n) is 2.83. The maximum absolute atomic E-state index is 10.4. The van der Waals surface area contributed by atoms with Gasteiger partial charge in [-0.15, -0.1) is 0 Å². The van der Waals surface area contributed by atoms with Gasteiger partial charge >= 0.3 is 0 Å². The summed E-state index contributed by atoms with van der Waals surface area (Å²) in [6, 6.07) is -0.0740. The van der Waals surface area contributed by atoms with E-state index in [0.717, 1.165) is 19.3 Å². The van der Waals surface area contributed by atoms with Crippen LogP contribution in [0.1, 0.15) is 40.0 Å². The van der Waals surface area contributed by atoms with Crippen LogP contribution < -0.4 is 0 Å². The number of hydrogen-bond acceptors (Lipinski definition) is 4. The second kappa shape index (κ2) is 4.73. The number of nitrogens with zero attached hydrogens (tertiary/aromatic N) is 2. The second-order valence-corrected chi connectivity index (χ2v) is 5.68. The third-order valence-electron chi connectivity index (χ3n) is 3.49. The van der Waals surface area contributed by atoms with Crippen molar-refractivity contribution in [2.45, 2.75) is 46.1 Å². The predicted octanol–water partition coefficient (Wildman–Crippen LogP) is 2.24. The molecule has 1 rings (SSSR count). The lowest BCUT2D eigenvalue weighted by atomic mass is 9.62. The summed E-state index contributed by atoms with van der Waals surface area (Å²) in [5, 5.41) is 0. The lowest BCUT2D eigenvalue weighted by Gasteiger charge is -2.45. The zero-order valence-corrected chi connectivity index (χ0v) is 10.1. The monoisotopic (exact) mass is 222 g/mol. The fourth-order valence-corrected chi connectivity index (χ4v) is 2.83. The molecule has 4 nitrogen and oxygen atoms in total. The van der Waals surface area contributed by atoms with Crippen molar-refractivity contribution < 1.29 is 9.59 Å². The summed E-state index contributed by atoms with van der Waals surface area (Å²) in [6.45, 7) is 6.80. The average Bonchev–Trinajstić information content (AvgIpc) is 2.19. The minimum Gasteiger partial charge on any atom is -0.211 e. The maximum Gasteiger partial charge on any atom is 0.235 e. The summed E-state index contributed by atoms with van der Waals surface area (Å²) < 4.78 is 0. The van der Waals surface area contributed by atoms with Crippen LogP contribution in [0.2, 0.25) is 0 Å². The van der Waals surface area contributed by atoms with Gasteiger partial charge in [0.15, 0.2) is 0 Å². The van der Waals surface area contributed by atoms with Crippen molar-refractivity contribution in [3.63, 3.8) is 0 Å². The Hall–Kier alpha value is -1.24. The Kier molecular flexibility index (Phi) is 3.79. The van der Waals surface area contributed by atoms with Gasteiger partial charge < -0.3 is 0 Å². The highest BCUT2D eigenvalue weighted by Crippen LogP contribution is 2.47. The zero-order chi connectivity index (χ0) is 12.2. The highest BCUT2D eigenvalue weighted by atomic mass is 16.1. The van der Waals surface area contributed by atoms with Gasteiger partial charge in [-0.2, -0.15) is 0 Å². The summed E-state index contributed by atoms with van der Waals surface area (Å²) in [7, 11) is 0. The molecule has 2 atom stereocenters. The Morgan fingerprint density at radius 2 is 1.94 bits per heavy atom. The van der Waals surface area contributed by atoms with E-state index in [0.29, 0.717) is 6.54 Å². The number of hydrogen-bond donors (Lipinski definition) is 0. The normalized spacial score (nSPS) is 32.3. The van der Waals surface area contributed by atoms with Crippen molar-refractivity contribution in [1.82, 2.24) is 0 Å². The second-order valence-electron chi connectivity index (χ2n) is 5.68. The number of aliphatic imine (C=N–C) groups is 2. The number of isocyanates is 2. The largest absolute Gasteiger partial charge is 0.235 e. The highest BCUT2D eigenvalue weighted by molar-refractivity contribution is 5.35. The third-order valence-corrected chi connectivity index (χ3v) is 3.49. The molecule has 0 N–H and O–H groups in total. The molecule has 1 aliphatic carbocycles. The molecule has 2 unspecified atom stereocenters. The van der Waals surface area contributed by atoms with E-state index < -0.39 is 0 Å². The van der Waals surface area contributed by atoms with Crippen molar-refractivity contribution >= 4 is 12.2 Å². The van der Waals surface area contributed by atoms with E-state index in [1.54, 1.807) is 12.2 Å². The molecule has 4 heteroatoms. The molecule has 1 fully saturated rings. The molecule has 0 bridgehead atoms. The molecule has 0 amide bonds. The minimum absolute atomic E-state index is 0.0740. The topological polar surface area (TPSA) is 58.9 Å². The Morgan fingerprint density at radius 3 is 2.50 bits per heavy atom. The average molecular weight is 222 g/mol. The fraction of sp³-hybridized carbons (Fsp3) is 0.833. The van der Waals surface area contributed by atoms with E-state index in [4.69, 9.17) is 0 Å². The van der Waals surface area contributed by atoms with E-state index in [1.165, 1.54) is 0 Å². The quantitative estimate of drug-likeness (QED) is 0.543. The minimum atomic E-state index is -0.226. The number of carbonyl (C=O) groups excluding carboxylic acids is 2. The van der Waals surface area contributed by atoms with Gasteiger partial charge in [0.25, 0.3) is 0 Å². The summed E-state index contributed by atoms with van der Waals surface area (Å²) in [4.78, 5) is 28.1. The van der Waals surface area contributed by atoms with Crippen LogP contribution in [-0.2, 0) is 9.59 Å². The summed E-state index contributed by atoms with van der Waals surface area (Å²) in [5.74, 6) is 0. The first-order chi connectivity index (χ1) is 7.43. The van der Waals surface area contributed by atoms with Gasteiger partial charge in [-0.25, -0.2) is 19.6 Å². The van der Waals surface area contributed by atoms with Crippen LogP contribution in [0, 0.1) is 10.8 Å². The molecule has 0 aromatic heterocycles. The molecule has 88 valence electrons. The van der Waals surface area contributed by atoms with Gasteiger partial charge in [-0.3, -0.25) is 0 Å². The Bertz CT molecular complexity index is 352. The van der Waals surface area contributed by atoms with E-state index in [9.17, 15) is 9.59 Å². The molecule has 0 aromatic carbocycles. The summed E-state index contributed by atoms with van der Waals surface area (Å²) in [6.07, 6.45) is 5.99. The molecule has 0 radical (unpaired) electrons. The molecule has 0 aromatic rings. The first kappa shape index (κ1) is 12.8. The summed E-state index contributed by atoms with van der Waals surface area (Å²) in [5.41, 5.74) is -0.0152. The van der Waals surface area contributed by atoms with E-state index in [2.05, 4.69) is 23.8 Å². The molecule has 0 saturated heterocycles. The molecular weight excluding hydrogens is 204 g/mol. The van der Waals surface area contributed by atoms with Crippen molar-refractivity contribution in [3.05, 3.63) is 0 Å². The van der Waals surface area contributed by atoms with Gasteiger partial charge in [-0.05, 0) is 24.7 Å². The van der Waals surface area contributed by atoms with Gasteiger partial charge in [0, 0.05) is 5.41 Å². The van der Waals surface area contributed by atoms with Gasteiger partial charge in [0.05, 0.1) is 12.6 Å². The first-order valence-corrected chi connectivity index (χ1v) is 5.54. The standard InChI is InChI=1S/C12H18N2O2/c1-11(2)5-4-10(14-9-16)12(3,6-11)7-13-8-15/h10H,4-7H2,1-3H3. The molecule has 0 aliphatic heterocycles. The predicted molar refractivity (Wildman–Crippen MR) is 60.6 cm³/mol. The van der Waals surface area contributed by atoms with Crippen molar-refractivity contribution in [2.24, 2.45) is 20.8 Å². The third kappa shape index (κ3) is 2.88. The summed E-state index contributed by atoms with van der Waals surface area (Å²) >= 11 is 0. The Morgan fingerprint density at radius 1 is 1.25 bits per heavy atom. The highest BCUT2D eigenvalue weighted by Gasteiger charge is 2.43. The molecule has 1 aliphatic rings. The Balaban J connectivity index is 2.94. The van der Waals surface area contributed by atoms with Crippen LogP contribution in [0.25, 0.3) is 0 Å². The van der Waals surface area contributed by atoms with E-state index in [-0.39, 0.29) is 16.9 Å². The van der Waals surface area contributed by atoms with E-state index in [1.807, 2.05) is 6.92 Å². The van der Waals surface area contributed by atoms with Crippen LogP contribution in [0.5, 0.6) is 0 Å².